The normalized spacial score (nSPS) is 11.1. The van der Waals surface area contributed by atoms with Crippen molar-refractivity contribution in [1.29, 1.82) is 0 Å². The van der Waals surface area contributed by atoms with Crippen LogP contribution in [-0.2, 0) is 6.54 Å². The fourth-order valence-electron chi connectivity index (χ4n) is 3.19. The van der Waals surface area contributed by atoms with Gasteiger partial charge in [-0.2, -0.15) is 0 Å². The van der Waals surface area contributed by atoms with Gasteiger partial charge in [0, 0.05) is 11.1 Å². The molecule has 0 fully saturated rings. The number of imidazole rings is 1. The maximum absolute atomic E-state index is 13.9. The van der Waals surface area contributed by atoms with E-state index in [4.69, 9.17) is 4.74 Å². The maximum atomic E-state index is 13.9. The minimum atomic E-state index is -0.378. The maximum Gasteiger partial charge on any atom is 0.326 e. The van der Waals surface area contributed by atoms with E-state index >= 15 is 0 Å². The summed E-state index contributed by atoms with van der Waals surface area (Å²) in [6.45, 7) is 0.119. The summed E-state index contributed by atoms with van der Waals surface area (Å²) >= 11 is 0. The average Bonchev–Trinajstić information content (AvgIpc) is 2.98. The lowest BCUT2D eigenvalue weighted by Crippen LogP contribution is -2.17. The number of rotatable bonds is 4. The van der Waals surface area contributed by atoms with E-state index < -0.39 is 0 Å². The average molecular weight is 366 g/mol. The molecule has 6 heteroatoms. The Kier molecular flexibility index (Phi) is 4.24. The van der Waals surface area contributed by atoms with E-state index in [-0.39, 0.29) is 23.9 Å². The second-order valence-corrected chi connectivity index (χ2v) is 6.18. The third-order valence-electron chi connectivity index (χ3n) is 4.53. The summed E-state index contributed by atoms with van der Waals surface area (Å²) in [5, 5.41) is 0. The van der Waals surface area contributed by atoms with E-state index in [1.165, 1.54) is 29.9 Å². The zero-order valence-corrected chi connectivity index (χ0v) is 14.5. The molecule has 4 rings (SSSR count). The Hall–Kier alpha value is -3.41. The monoisotopic (exact) mass is 366 g/mol. The smallest absolute Gasteiger partial charge is 0.326 e. The molecule has 3 aromatic carbocycles. The second-order valence-electron chi connectivity index (χ2n) is 6.18. The molecular formula is C21H16F2N2O2. The lowest BCUT2D eigenvalue weighted by Gasteiger charge is -2.09. The zero-order chi connectivity index (χ0) is 19.0. The molecule has 1 heterocycles. The van der Waals surface area contributed by atoms with Crippen LogP contribution in [0.1, 0.15) is 5.56 Å². The number of H-pyrrole nitrogens is 1. The SMILES string of the molecule is COc1ccc(F)cc1-c1ccc2c(c1)[nH]c(=O)n2Cc1ccccc1F. The summed E-state index contributed by atoms with van der Waals surface area (Å²) in [5.41, 5.74) is 2.61. The van der Waals surface area contributed by atoms with E-state index in [9.17, 15) is 13.6 Å². The van der Waals surface area contributed by atoms with Gasteiger partial charge < -0.3 is 9.72 Å². The molecule has 0 radical (unpaired) electrons. The van der Waals surface area contributed by atoms with Crippen molar-refractivity contribution in [3.63, 3.8) is 0 Å². The largest absolute Gasteiger partial charge is 0.496 e. The highest BCUT2D eigenvalue weighted by molar-refractivity contribution is 5.83. The molecular weight excluding hydrogens is 350 g/mol. The van der Waals surface area contributed by atoms with Crippen LogP contribution in [0.4, 0.5) is 8.78 Å². The molecule has 0 aliphatic heterocycles. The minimum absolute atomic E-state index is 0.119. The Morgan fingerprint density at radius 1 is 1.04 bits per heavy atom. The van der Waals surface area contributed by atoms with E-state index in [1.54, 1.807) is 42.5 Å². The van der Waals surface area contributed by atoms with Crippen LogP contribution in [-0.4, -0.2) is 16.7 Å². The number of halogens is 2. The molecule has 27 heavy (non-hydrogen) atoms. The topological polar surface area (TPSA) is 47.0 Å². The van der Waals surface area contributed by atoms with Gasteiger partial charge in [0.1, 0.15) is 17.4 Å². The summed E-state index contributed by atoms with van der Waals surface area (Å²) in [5.74, 6) is -0.208. The van der Waals surface area contributed by atoms with Crippen molar-refractivity contribution in [2.75, 3.05) is 7.11 Å². The van der Waals surface area contributed by atoms with Crippen molar-refractivity contribution >= 4 is 11.0 Å². The molecule has 0 spiro atoms. The van der Waals surface area contributed by atoms with Crippen molar-refractivity contribution < 1.29 is 13.5 Å². The highest BCUT2D eigenvalue weighted by Gasteiger charge is 2.13. The van der Waals surface area contributed by atoms with E-state index in [2.05, 4.69) is 4.98 Å². The Morgan fingerprint density at radius 2 is 1.85 bits per heavy atom. The molecule has 0 saturated carbocycles. The van der Waals surface area contributed by atoms with Gasteiger partial charge in [-0.3, -0.25) is 4.57 Å². The van der Waals surface area contributed by atoms with Gasteiger partial charge in [0.2, 0.25) is 0 Å². The molecule has 4 aromatic rings. The summed E-state index contributed by atoms with van der Waals surface area (Å²) in [6.07, 6.45) is 0. The summed E-state index contributed by atoms with van der Waals surface area (Å²) in [7, 11) is 1.52. The Balaban J connectivity index is 1.81. The van der Waals surface area contributed by atoms with Crippen molar-refractivity contribution in [2.24, 2.45) is 0 Å². The number of ether oxygens (including phenoxy) is 1. The molecule has 0 saturated heterocycles. The predicted molar refractivity (Wildman–Crippen MR) is 100 cm³/mol. The number of aromatic amines is 1. The molecule has 0 unspecified atom stereocenters. The van der Waals surface area contributed by atoms with Crippen LogP contribution >= 0.6 is 0 Å². The Morgan fingerprint density at radius 3 is 2.63 bits per heavy atom. The molecule has 1 N–H and O–H groups in total. The number of hydrogen-bond acceptors (Lipinski definition) is 2. The number of fused-ring (bicyclic) bond motifs is 1. The summed E-state index contributed by atoms with van der Waals surface area (Å²) < 4.78 is 34.4. The fourth-order valence-corrected chi connectivity index (χ4v) is 3.19. The zero-order valence-electron chi connectivity index (χ0n) is 14.5. The standard InChI is InChI=1S/C21H16F2N2O2/c1-27-20-9-7-15(22)11-16(20)13-6-8-19-18(10-13)24-21(26)25(19)12-14-4-2-3-5-17(14)23/h2-11H,12H2,1H3,(H,24,26). The van der Waals surface area contributed by atoms with Crippen LogP contribution in [0.25, 0.3) is 22.2 Å². The first-order valence-corrected chi connectivity index (χ1v) is 8.36. The molecule has 0 atom stereocenters. The number of methoxy groups -OCH3 is 1. The first-order chi connectivity index (χ1) is 13.1. The highest BCUT2D eigenvalue weighted by Crippen LogP contribution is 2.32. The number of aromatic nitrogens is 2. The van der Waals surface area contributed by atoms with Crippen molar-refractivity contribution in [2.45, 2.75) is 6.54 Å². The molecule has 0 bridgehead atoms. The highest BCUT2D eigenvalue weighted by atomic mass is 19.1. The lowest BCUT2D eigenvalue weighted by molar-refractivity contribution is 0.415. The van der Waals surface area contributed by atoms with Crippen LogP contribution in [0.5, 0.6) is 5.75 Å². The van der Waals surface area contributed by atoms with Crippen LogP contribution < -0.4 is 10.4 Å². The molecule has 0 amide bonds. The third-order valence-corrected chi connectivity index (χ3v) is 4.53. The molecule has 0 aliphatic rings. The van der Waals surface area contributed by atoms with Gasteiger partial charge in [0.05, 0.1) is 24.7 Å². The van der Waals surface area contributed by atoms with Crippen LogP contribution in [0.15, 0.2) is 65.5 Å². The van der Waals surface area contributed by atoms with E-state index in [1.807, 2.05) is 0 Å². The van der Waals surface area contributed by atoms with Gasteiger partial charge in [0.15, 0.2) is 0 Å². The van der Waals surface area contributed by atoms with Gasteiger partial charge >= 0.3 is 5.69 Å². The third kappa shape index (κ3) is 3.10. The van der Waals surface area contributed by atoms with E-state index in [0.29, 0.717) is 33.5 Å². The van der Waals surface area contributed by atoms with E-state index in [0.717, 1.165) is 0 Å². The number of nitrogens with zero attached hydrogens (tertiary/aromatic N) is 1. The van der Waals surface area contributed by atoms with Gasteiger partial charge in [-0.1, -0.05) is 24.3 Å². The second kappa shape index (κ2) is 6.72. The van der Waals surface area contributed by atoms with Crippen molar-refractivity contribution in [3.05, 3.63) is 88.3 Å². The molecule has 4 nitrogen and oxygen atoms in total. The first kappa shape index (κ1) is 17.0. The summed E-state index contributed by atoms with van der Waals surface area (Å²) in [6, 6.07) is 15.9. The van der Waals surface area contributed by atoms with Gasteiger partial charge in [-0.05, 0) is 42.0 Å². The lowest BCUT2D eigenvalue weighted by atomic mass is 10.0. The van der Waals surface area contributed by atoms with Crippen molar-refractivity contribution in [1.82, 2.24) is 9.55 Å². The minimum Gasteiger partial charge on any atom is -0.496 e. The molecule has 136 valence electrons. The quantitative estimate of drug-likeness (QED) is 0.584. The Bertz CT molecular complexity index is 1190. The Labute approximate surface area is 153 Å². The summed E-state index contributed by atoms with van der Waals surface area (Å²) in [4.78, 5) is 15.2. The molecule has 0 aliphatic carbocycles. The van der Waals surface area contributed by atoms with Gasteiger partial charge in [-0.15, -0.1) is 0 Å². The predicted octanol–water partition coefficient (Wildman–Crippen LogP) is 4.33. The van der Waals surface area contributed by atoms with Crippen LogP contribution in [0.2, 0.25) is 0 Å². The van der Waals surface area contributed by atoms with Gasteiger partial charge in [0.25, 0.3) is 0 Å². The molecule has 1 aromatic heterocycles. The number of hydrogen-bond donors (Lipinski definition) is 1. The number of nitrogens with one attached hydrogen (secondary N) is 1. The fraction of sp³-hybridized carbons (Fsp3) is 0.0952. The number of benzene rings is 3. The van der Waals surface area contributed by atoms with Gasteiger partial charge in [-0.25, -0.2) is 13.6 Å². The first-order valence-electron chi connectivity index (χ1n) is 8.36. The van der Waals surface area contributed by atoms with Crippen molar-refractivity contribution in [3.8, 4) is 16.9 Å². The van der Waals surface area contributed by atoms with Crippen LogP contribution in [0, 0.1) is 11.6 Å². The van der Waals surface area contributed by atoms with Crippen LogP contribution in [0.3, 0.4) is 0 Å².